The molecule has 1 aromatic heterocycles. The lowest BCUT2D eigenvalue weighted by molar-refractivity contribution is -0.149. The maximum absolute atomic E-state index is 13.3. The van der Waals surface area contributed by atoms with Gasteiger partial charge in [0, 0.05) is 24.3 Å². The van der Waals surface area contributed by atoms with Gasteiger partial charge in [0.2, 0.25) is 0 Å². The number of hydrogen-bond donors (Lipinski definition) is 0. The summed E-state index contributed by atoms with van der Waals surface area (Å²) in [4.78, 5) is 26.8. The summed E-state index contributed by atoms with van der Waals surface area (Å²) < 4.78 is 20.1. The fraction of sp³-hybridized carbons (Fsp3) is 0.476. The molecule has 1 fully saturated rings. The molecule has 0 unspecified atom stereocenters. The van der Waals surface area contributed by atoms with Crippen molar-refractivity contribution >= 4 is 11.9 Å². The summed E-state index contributed by atoms with van der Waals surface area (Å²) >= 11 is 0. The maximum atomic E-state index is 13.3. The van der Waals surface area contributed by atoms with Gasteiger partial charge in [-0.25, -0.2) is 9.07 Å². The normalized spacial score (nSPS) is 16.9. The highest BCUT2D eigenvalue weighted by molar-refractivity contribution is 5.94. The molecule has 2 heterocycles. The molecule has 2 aliphatic rings. The van der Waals surface area contributed by atoms with Crippen molar-refractivity contribution in [2.75, 3.05) is 19.7 Å². The summed E-state index contributed by atoms with van der Waals surface area (Å²) in [6, 6.07) is 6.17. The predicted octanol–water partition coefficient (Wildman–Crippen LogP) is 2.92. The Kier molecular flexibility index (Phi) is 5.15. The van der Waals surface area contributed by atoms with E-state index in [0.29, 0.717) is 38.2 Å². The molecule has 0 atom stereocenters. The zero-order chi connectivity index (χ0) is 19.7. The van der Waals surface area contributed by atoms with Crippen LogP contribution in [0.4, 0.5) is 4.39 Å². The molecule has 7 heteroatoms. The van der Waals surface area contributed by atoms with E-state index in [-0.39, 0.29) is 23.6 Å². The van der Waals surface area contributed by atoms with E-state index >= 15 is 0 Å². The molecule has 1 aliphatic carbocycles. The van der Waals surface area contributed by atoms with Gasteiger partial charge in [-0.05, 0) is 63.3 Å². The van der Waals surface area contributed by atoms with Crippen LogP contribution in [-0.4, -0.2) is 46.3 Å². The van der Waals surface area contributed by atoms with Gasteiger partial charge in [-0.3, -0.25) is 9.59 Å². The van der Waals surface area contributed by atoms with Crippen LogP contribution in [0.3, 0.4) is 0 Å². The number of rotatable bonds is 4. The highest BCUT2D eigenvalue weighted by Crippen LogP contribution is 2.29. The fourth-order valence-electron chi connectivity index (χ4n) is 4.13. The molecular weight excluding hydrogens is 361 g/mol. The number of carbonyl (C=O) groups excluding carboxylic acids is 2. The van der Waals surface area contributed by atoms with Gasteiger partial charge in [0.15, 0.2) is 5.69 Å². The lowest BCUT2D eigenvalue weighted by Gasteiger charge is -2.30. The average molecular weight is 385 g/mol. The topological polar surface area (TPSA) is 64.4 Å². The van der Waals surface area contributed by atoms with Gasteiger partial charge in [0.25, 0.3) is 5.91 Å². The van der Waals surface area contributed by atoms with Gasteiger partial charge in [-0.1, -0.05) is 0 Å². The third kappa shape index (κ3) is 3.41. The Morgan fingerprint density at radius 2 is 1.89 bits per heavy atom. The van der Waals surface area contributed by atoms with Gasteiger partial charge >= 0.3 is 5.97 Å². The summed E-state index contributed by atoms with van der Waals surface area (Å²) in [5, 5.41) is 4.60. The largest absolute Gasteiger partial charge is 0.466 e. The van der Waals surface area contributed by atoms with Gasteiger partial charge < -0.3 is 9.64 Å². The number of nitrogens with zero attached hydrogens (tertiary/aromatic N) is 3. The summed E-state index contributed by atoms with van der Waals surface area (Å²) in [5.74, 6) is -0.683. The first kappa shape index (κ1) is 18.7. The molecular formula is C21H24FN3O3. The minimum Gasteiger partial charge on any atom is -0.466 e. The summed E-state index contributed by atoms with van der Waals surface area (Å²) in [7, 11) is 0. The van der Waals surface area contributed by atoms with E-state index < -0.39 is 0 Å². The second kappa shape index (κ2) is 7.73. The van der Waals surface area contributed by atoms with Gasteiger partial charge in [-0.15, -0.1) is 0 Å². The zero-order valence-electron chi connectivity index (χ0n) is 16.0. The molecule has 0 N–H and O–H groups in total. The molecule has 1 aromatic carbocycles. The molecule has 4 rings (SSSR count). The van der Waals surface area contributed by atoms with Crippen LogP contribution in [0.5, 0.6) is 0 Å². The van der Waals surface area contributed by atoms with Crippen molar-refractivity contribution in [3.05, 3.63) is 47.0 Å². The molecule has 1 aliphatic heterocycles. The summed E-state index contributed by atoms with van der Waals surface area (Å²) in [6.07, 6.45) is 3.91. The maximum Gasteiger partial charge on any atom is 0.309 e. The van der Waals surface area contributed by atoms with E-state index in [1.54, 1.807) is 28.6 Å². The van der Waals surface area contributed by atoms with E-state index in [9.17, 15) is 14.0 Å². The number of hydrogen-bond acceptors (Lipinski definition) is 4. The molecule has 0 radical (unpaired) electrons. The van der Waals surface area contributed by atoms with Crippen LogP contribution in [0.15, 0.2) is 24.3 Å². The smallest absolute Gasteiger partial charge is 0.309 e. The summed E-state index contributed by atoms with van der Waals surface area (Å²) in [5.41, 5.74) is 3.30. The van der Waals surface area contributed by atoms with Crippen LogP contribution < -0.4 is 0 Å². The first-order valence-corrected chi connectivity index (χ1v) is 9.91. The van der Waals surface area contributed by atoms with Crippen molar-refractivity contribution in [2.45, 2.75) is 39.0 Å². The number of likely N-dealkylation sites (tertiary alicyclic amines) is 1. The fourth-order valence-corrected chi connectivity index (χ4v) is 4.13. The highest BCUT2D eigenvalue weighted by atomic mass is 19.1. The molecule has 28 heavy (non-hydrogen) atoms. The van der Waals surface area contributed by atoms with Crippen LogP contribution in [-0.2, 0) is 22.4 Å². The second-order valence-electron chi connectivity index (χ2n) is 7.33. The molecule has 1 amide bonds. The number of aromatic nitrogens is 2. The van der Waals surface area contributed by atoms with Crippen LogP contribution in [0.1, 0.15) is 47.9 Å². The zero-order valence-corrected chi connectivity index (χ0v) is 16.0. The molecule has 0 spiro atoms. The Labute approximate surface area is 163 Å². The first-order valence-electron chi connectivity index (χ1n) is 9.91. The molecule has 0 bridgehead atoms. The number of benzene rings is 1. The highest BCUT2D eigenvalue weighted by Gasteiger charge is 2.33. The minimum atomic E-state index is -0.298. The number of carbonyl (C=O) groups is 2. The van der Waals surface area contributed by atoms with Crippen molar-refractivity contribution in [3.63, 3.8) is 0 Å². The number of fused-ring (bicyclic) bond motifs is 1. The average Bonchev–Trinajstić information content (AvgIpc) is 3.31. The number of esters is 1. The lowest BCUT2D eigenvalue weighted by atomic mass is 9.96. The SMILES string of the molecule is CCOC(=O)C1CCN(C(=O)c2nn(-c3ccc(F)cc3)c3c2CCC3)CC1. The second-order valence-corrected chi connectivity index (χ2v) is 7.33. The quantitative estimate of drug-likeness (QED) is 0.759. The third-order valence-electron chi connectivity index (χ3n) is 5.61. The molecule has 6 nitrogen and oxygen atoms in total. The van der Waals surface area contributed by atoms with Crippen molar-refractivity contribution in [1.29, 1.82) is 0 Å². The van der Waals surface area contributed by atoms with Crippen molar-refractivity contribution in [1.82, 2.24) is 14.7 Å². The third-order valence-corrected chi connectivity index (χ3v) is 5.61. The van der Waals surface area contributed by atoms with Crippen LogP contribution in [0, 0.1) is 11.7 Å². The van der Waals surface area contributed by atoms with Crippen molar-refractivity contribution in [3.8, 4) is 5.69 Å². The van der Waals surface area contributed by atoms with Gasteiger partial charge in [0.1, 0.15) is 5.82 Å². The van der Waals surface area contributed by atoms with E-state index in [0.717, 1.165) is 36.2 Å². The molecule has 2 aromatic rings. The predicted molar refractivity (Wildman–Crippen MR) is 101 cm³/mol. The Morgan fingerprint density at radius 3 is 2.57 bits per heavy atom. The number of piperidine rings is 1. The van der Waals surface area contributed by atoms with Crippen LogP contribution in [0.25, 0.3) is 5.69 Å². The number of ether oxygens (including phenoxy) is 1. The number of halogens is 1. The van der Waals surface area contributed by atoms with Gasteiger partial charge in [0.05, 0.1) is 18.2 Å². The first-order chi connectivity index (χ1) is 13.6. The Balaban J connectivity index is 1.54. The Morgan fingerprint density at radius 1 is 1.18 bits per heavy atom. The molecule has 148 valence electrons. The van der Waals surface area contributed by atoms with E-state index in [1.165, 1.54) is 12.1 Å². The molecule has 0 saturated carbocycles. The van der Waals surface area contributed by atoms with Crippen molar-refractivity contribution < 1.29 is 18.7 Å². The molecule has 1 saturated heterocycles. The van der Waals surface area contributed by atoms with E-state index in [1.807, 2.05) is 0 Å². The Bertz CT molecular complexity index is 883. The van der Waals surface area contributed by atoms with Crippen LogP contribution in [0.2, 0.25) is 0 Å². The number of amides is 1. The van der Waals surface area contributed by atoms with Crippen molar-refractivity contribution in [2.24, 2.45) is 5.92 Å². The monoisotopic (exact) mass is 385 g/mol. The lowest BCUT2D eigenvalue weighted by Crippen LogP contribution is -2.41. The van der Waals surface area contributed by atoms with E-state index in [4.69, 9.17) is 4.74 Å². The van der Waals surface area contributed by atoms with Crippen LogP contribution >= 0.6 is 0 Å². The minimum absolute atomic E-state index is 0.0821. The summed E-state index contributed by atoms with van der Waals surface area (Å²) in [6.45, 7) is 3.24. The van der Waals surface area contributed by atoms with E-state index in [2.05, 4.69) is 5.10 Å². The van der Waals surface area contributed by atoms with Gasteiger partial charge in [-0.2, -0.15) is 5.10 Å². The Hall–Kier alpha value is -2.70. The standard InChI is InChI=1S/C21H24FN3O3/c1-2-28-21(27)14-10-12-24(13-11-14)20(26)19-17-4-3-5-18(17)25(23-19)16-8-6-15(22)7-9-16/h6-9,14H,2-5,10-13H2,1H3.